The van der Waals surface area contributed by atoms with Crippen LogP contribution in [0, 0.1) is 17.0 Å². The van der Waals surface area contributed by atoms with E-state index in [4.69, 9.17) is 4.74 Å². The smallest absolute Gasteiger partial charge is 0.271 e. The van der Waals surface area contributed by atoms with E-state index in [1.165, 1.54) is 35.6 Å². The van der Waals surface area contributed by atoms with Crippen LogP contribution in [0.3, 0.4) is 0 Å². The number of hydrogen-bond acceptors (Lipinski definition) is 7. The molecule has 9 nitrogen and oxygen atoms in total. The highest BCUT2D eigenvalue weighted by Crippen LogP contribution is 2.21. The minimum Gasteiger partial charge on any atom is -0.486 e. The van der Waals surface area contributed by atoms with E-state index in [1.807, 2.05) is 31.2 Å². The molecule has 0 radical (unpaired) electrons. The van der Waals surface area contributed by atoms with Gasteiger partial charge >= 0.3 is 0 Å². The molecule has 2 atom stereocenters. The maximum atomic E-state index is 12.9. The van der Waals surface area contributed by atoms with Gasteiger partial charge in [-0.3, -0.25) is 19.7 Å². The number of aromatic nitrogens is 1. The van der Waals surface area contributed by atoms with Gasteiger partial charge in [-0.25, -0.2) is 4.98 Å². The molecule has 35 heavy (non-hydrogen) atoms. The van der Waals surface area contributed by atoms with Crippen LogP contribution in [0.25, 0.3) is 0 Å². The maximum Gasteiger partial charge on any atom is 0.271 e. The number of nitrogens with one attached hydrogen (secondary N) is 2. The molecule has 0 aliphatic heterocycles. The fourth-order valence-electron chi connectivity index (χ4n) is 3.99. The highest BCUT2D eigenvalue weighted by atomic mass is 32.1. The number of thiazole rings is 1. The highest BCUT2D eigenvalue weighted by molar-refractivity contribution is 7.09. The Bertz CT molecular complexity index is 1210. The van der Waals surface area contributed by atoms with Crippen molar-refractivity contribution in [2.24, 2.45) is 0 Å². The number of carbonyl (C=O) groups excluding carboxylic acids is 2. The maximum absolute atomic E-state index is 12.9. The van der Waals surface area contributed by atoms with Crippen LogP contribution in [0.5, 0.6) is 5.75 Å². The van der Waals surface area contributed by atoms with E-state index in [2.05, 4.69) is 15.6 Å². The van der Waals surface area contributed by atoms with E-state index in [0.717, 1.165) is 30.6 Å². The van der Waals surface area contributed by atoms with Crippen molar-refractivity contribution < 1.29 is 19.2 Å². The van der Waals surface area contributed by atoms with Crippen LogP contribution in [-0.4, -0.2) is 33.8 Å². The molecule has 2 N–H and O–H groups in total. The molecule has 1 aromatic heterocycles. The van der Waals surface area contributed by atoms with Crippen molar-refractivity contribution in [1.29, 1.82) is 0 Å². The lowest BCUT2D eigenvalue weighted by atomic mass is 9.90. The van der Waals surface area contributed by atoms with Crippen LogP contribution < -0.4 is 15.4 Å². The van der Waals surface area contributed by atoms with Crippen molar-refractivity contribution in [2.45, 2.75) is 51.3 Å². The molecule has 2 aromatic carbocycles. The molecule has 2 amide bonds. The number of carbonyl (C=O) groups is 2. The number of benzene rings is 2. The highest BCUT2D eigenvalue weighted by Gasteiger charge is 2.29. The molecule has 4 rings (SSSR count). The molecule has 0 bridgehead atoms. The topological polar surface area (TPSA) is 123 Å². The minimum atomic E-state index is -0.533. The molecule has 1 aliphatic rings. The third kappa shape index (κ3) is 6.42. The van der Waals surface area contributed by atoms with Gasteiger partial charge in [0.1, 0.15) is 23.1 Å². The first-order valence-electron chi connectivity index (χ1n) is 11.4. The van der Waals surface area contributed by atoms with Gasteiger partial charge in [-0.2, -0.15) is 0 Å². The average Bonchev–Trinajstić information content (AvgIpc) is 3.34. The second-order valence-electron chi connectivity index (χ2n) is 8.48. The number of nitro groups is 1. The average molecular weight is 495 g/mol. The molecule has 1 aliphatic carbocycles. The zero-order valence-electron chi connectivity index (χ0n) is 19.2. The molecule has 0 spiro atoms. The monoisotopic (exact) mass is 494 g/mol. The lowest BCUT2D eigenvalue weighted by Crippen LogP contribution is -2.53. The van der Waals surface area contributed by atoms with Gasteiger partial charge in [-0.15, -0.1) is 11.3 Å². The fraction of sp³-hybridized carbons (Fsp3) is 0.320. The van der Waals surface area contributed by atoms with Crippen LogP contribution in [0.1, 0.15) is 57.1 Å². The molecule has 1 saturated carbocycles. The minimum absolute atomic E-state index is 0.142. The van der Waals surface area contributed by atoms with Crippen LogP contribution in [0.4, 0.5) is 5.69 Å². The standard InChI is InChI=1S/C25H26N4O5S/c1-16-9-11-19(12-10-16)34-14-23-26-22(15-35-23)25(31)28-21-8-3-2-7-20(21)27-24(30)17-5-4-6-18(13-17)29(32)33/h4-6,9-13,15,20-21H,2-3,7-8,14H2,1H3,(H,27,30)(H,28,31). The summed E-state index contributed by atoms with van der Waals surface area (Å²) < 4.78 is 5.74. The third-order valence-corrected chi connectivity index (χ3v) is 6.71. The van der Waals surface area contributed by atoms with Crippen molar-refractivity contribution in [3.05, 3.63) is 85.9 Å². The normalized spacial score (nSPS) is 17.4. The van der Waals surface area contributed by atoms with Gasteiger partial charge in [-0.1, -0.05) is 36.6 Å². The molecular formula is C25H26N4O5S. The van der Waals surface area contributed by atoms with Crippen LogP contribution >= 0.6 is 11.3 Å². The molecular weight excluding hydrogens is 468 g/mol. The molecule has 2 unspecified atom stereocenters. The predicted molar refractivity (Wildman–Crippen MR) is 132 cm³/mol. The number of hydrogen-bond donors (Lipinski definition) is 2. The summed E-state index contributed by atoms with van der Waals surface area (Å²) in [5.74, 6) is 0.0368. The van der Waals surface area contributed by atoms with Crippen molar-refractivity contribution in [2.75, 3.05) is 0 Å². The zero-order chi connectivity index (χ0) is 24.8. The summed E-state index contributed by atoms with van der Waals surface area (Å²) in [5, 5.41) is 19.3. The summed E-state index contributed by atoms with van der Waals surface area (Å²) in [7, 11) is 0. The number of rotatable bonds is 8. The Balaban J connectivity index is 1.35. The Kier molecular flexibility index (Phi) is 7.71. The third-order valence-electron chi connectivity index (χ3n) is 5.89. The quantitative estimate of drug-likeness (QED) is 0.353. The lowest BCUT2D eigenvalue weighted by molar-refractivity contribution is -0.384. The van der Waals surface area contributed by atoms with Crippen molar-refractivity contribution in [1.82, 2.24) is 15.6 Å². The molecule has 1 heterocycles. The molecule has 182 valence electrons. The Morgan fingerprint density at radius 1 is 1.09 bits per heavy atom. The van der Waals surface area contributed by atoms with Crippen LogP contribution in [0.15, 0.2) is 53.9 Å². The molecule has 0 saturated heterocycles. The van der Waals surface area contributed by atoms with Gasteiger partial charge in [0, 0.05) is 35.2 Å². The first-order valence-corrected chi connectivity index (χ1v) is 12.3. The second-order valence-corrected chi connectivity index (χ2v) is 9.42. The summed E-state index contributed by atoms with van der Waals surface area (Å²) in [6.45, 7) is 2.28. The summed E-state index contributed by atoms with van der Waals surface area (Å²) in [5.41, 5.74) is 1.53. The first kappa shape index (κ1) is 24.3. The molecule has 10 heteroatoms. The second kappa shape index (κ2) is 11.1. The van der Waals surface area contributed by atoms with Crippen molar-refractivity contribution >= 4 is 28.8 Å². The summed E-state index contributed by atoms with van der Waals surface area (Å²) in [6, 6.07) is 12.8. The van der Waals surface area contributed by atoms with E-state index in [-0.39, 0.29) is 35.8 Å². The Hall–Kier alpha value is -3.79. The van der Waals surface area contributed by atoms with Crippen molar-refractivity contribution in [3.63, 3.8) is 0 Å². The van der Waals surface area contributed by atoms with E-state index in [1.54, 1.807) is 5.38 Å². The summed E-state index contributed by atoms with van der Waals surface area (Å²) >= 11 is 1.35. The largest absolute Gasteiger partial charge is 0.486 e. The van der Waals surface area contributed by atoms with Crippen molar-refractivity contribution in [3.8, 4) is 5.75 Å². The first-order chi connectivity index (χ1) is 16.9. The van der Waals surface area contributed by atoms with E-state index < -0.39 is 10.8 Å². The summed E-state index contributed by atoms with van der Waals surface area (Å²) in [4.78, 5) is 40.5. The Labute approximate surface area is 206 Å². The lowest BCUT2D eigenvalue weighted by Gasteiger charge is -2.32. The molecule has 1 fully saturated rings. The number of ether oxygens (including phenoxy) is 1. The van der Waals surface area contributed by atoms with E-state index in [9.17, 15) is 19.7 Å². The van der Waals surface area contributed by atoms with Gasteiger partial charge in [-0.05, 0) is 38.0 Å². The van der Waals surface area contributed by atoms with Gasteiger partial charge in [0.15, 0.2) is 0 Å². The number of aryl methyl sites for hydroxylation is 1. The van der Waals surface area contributed by atoms with Gasteiger partial charge in [0.25, 0.3) is 17.5 Å². The summed E-state index contributed by atoms with van der Waals surface area (Å²) in [6.07, 6.45) is 3.28. The van der Waals surface area contributed by atoms with E-state index in [0.29, 0.717) is 17.1 Å². The Morgan fingerprint density at radius 2 is 1.77 bits per heavy atom. The number of non-ortho nitro benzene ring substituents is 1. The molecule has 3 aromatic rings. The Morgan fingerprint density at radius 3 is 2.46 bits per heavy atom. The SMILES string of the molecule is Cc1ccc(OCc2nc(C(=O)NC3CCCCC3NC(=O)c3cccc([N+](=O)[O-])c3)cs2)cc1. The number of amides is 2. The van der Waals surface area contributed by atoms with Gasteiger partial charge < -0.3 is 15.4 Å². The number of nitro benzene ring substituents is 1. The fourth-order valence-corrected chi connectivity index (χ4v) is 4.68. The predicted octanol–water partition coefficient (Wildman–Crippen LogP) is 4.41. The number of nitrogens with zero attached hydrogens (tertiary/aromatic N) is 2. The van der Waals surface area contributed by atoms with Gasteiger partial charge in [0.05, 0.1) is 4.92 Å². The van der Waals surface area contributed by atoms with Crippen LogP contribution in [-0.2, 0) is 6.61 Å². The van der Waals surface area contributed by atoms with Crippen LogP contribution in [0.2, 0.25) is 0 Å². The van der Waals surface area contributed by atoms with Gasteiger partial charge in [0.2, 0.25) is 0 Å². The van der Waals surface area contributed by atoms with E-state index >= 15 is 0 Å². The zero-order valence-corrected chi connectivity index (χ0v) is 20.0.